The maximum Gasteiger partial charge on any atom is 0.186 e. The number of hydrogen-bond acceptors (Lipinski definition) is 3. The number of benzene rings is 1. The van der Waals surface area contributed by atoms with Crippen molar-refractivity contribution in [1.29, 1.82) is 0 Å². The van der Waals surface area contributed by atoms with E-state index in [4.69, 9.17) is 4.98 Å². The summed E-state index contributed by atoms with van der Waals surface area (Å²) in [6.45, 7) is 4.45. The molecule has 1 fully saturated rings. The first-order valence-electron chi connectivity index (χ1n) is 6.62. The molecule has 0 atom stereocenters. The fourth-order valence-electron chi connectivity index (χ4n) is 2.46. The molecule has 3 heteroatoms. The number of aryl methyl sites for hydroxylation is 1. The lowest BCUT2D eigenvalue weighted by atomic mass is 10.1. The zero-order chi connectivity index (χ0) is 12.4. The van der Waals surface area contributed by atoms with Gasteiger partial charge in [0.05, 0.1) is 10.6 Å². The lowest BCUT2D eigenvalue weighted by Crippen LogP contribution is -2.29. The van der Waals surface area contributed by atoms with Crippen molar-refractivity contribution < 1.29 is 0 Å². The number of rotatable bonds is 2. The number of nitrogens with zero attached hydrogens (tertiary/aromatic N) is 2. The van der Waals surface area contributed by atoms with Gasteiger partial charge in [-0.25, -0.2) is 4.98 Å². The van der Waals surface area contributed by atoms with E-state index in [0.29, 0.717) is 0 Å². The quantitative estimate of drug-likeness (QED) is 0.806. The highest BCUT2D eigenvalue weighted by molar-refractivity contribution is 7.19. The molecule has 1 aliphatic heterocycles. The van der Waals surface area contributed by atoms with Crippen LogP contribution in [0.3, 0.4) is 0 Å². The molecule has 0 spiro atoms. The van der Waals surface area contributed by atoms with Crippen LogP contribution in [0.4, 0.5) is 5.13 Å². The molecule has 3 rings (SSSR count). The molecule has 0 saturated carbocycles. The van der Waals surface area contributed by atoms with Gasteiger partial charge in [0.25, 0.3) is 0 Å². The van der Waals surface area contributed by atoms with Gasteiger partial charge in [-0.1, -0.05) is 41.7 Å². The summed E-state index contributed by atoms with van der Waals surface area (Å²) < 4.78 is 0. The lowest BCUT2D eigenvalue weighted by molar-refractivity contribution is 0.576. The van der Waals surface area contributed by atoms with Crippen LogP contribution in [0, 0.1) is 6.92 Å². The molecule has 2 heterocycles. The van der Waals surface area contributed by atoms with Crippen molar-refractivity contribution in [2.24, 2.45) is 0 Å². The maximum atomic E-state index is 4.76. The SMILES string of the molecule is Cc1nc(N2CCCCC2)sc1-c1ccccc1. The Hall–Kier alpha value is -1.35. The van der Waals surface area contributed by atoms with Crippen molar-refractivity contribution in [3.05, 3.63) is 36.0 Å². The monoisotopic (exact) mass is 258 g/mol. The average molecular weight is 258 g/mol. The van der Waals surface area contributed by atoms with Crippen molar-refractivity contribution in [1.82, 2.24) is 4.98 Å². The molecule has 1 saturated heterocycles. The highest BCUT2D eigenvalue weighted by Crippen LogP contribution is 2.35. The van der Waals surface area contributed by atoms with Crippen LogP contribution in [0.15, 0.2) is 30.3 Å². The molecule has 0 radical (unpaired) electrons. The fraction of sp³-hybridized carbons (Fsp3) is 0.400. The summed E-state index contributed by atoms with van der Waals surface area (Å²) in [7, 11) is 0. The number of thiazole rings is 1. The Morgan fingerprint density at radius 2 is 1.78 bits per heavy atom. The Morgan fingerprint density at radius 1 is 1.06 bits per heavy atom. The molecule has 0 unspecified atom stereocenters. The smallest absolute Gasteiger partial charge is 0.186 e. The van der Waals surface area contributed by atoms with Crippen molar-refractivity contribution >= 4 is 16.5 Å². The fourth-order valence-corrected chi connectivity index (χ4v) is 3.58. The Kier molecular flexibility index (Phi) is 3.33. The van der Waals surface area contributed by atoms with E-state index in [2.05, 4.69) is 42.2 Å². The molecule has 1 aromatic heterocycles. The molecule has 1 aliphatic rings. The third-order valence-electron chi connectivity index (χ3n) is 3.45. The molecule has 0 bridgehead atoms. The van der Waals surface area contributed by atoms with Crippen LogP contribution in [-0.2, 0) is 0 Å². The first-order valence-corrected chi connectivity index (χ1v) is 7.44. The molecule has 0 amide bonds. The number of piperidine rings is 1. The van der Waals surface area contributed by atoms with E-state index in [1.165, 1.54) is 47.9 Å². The van der Waals surface area contributed by atoms with Crippen molar-refractivity contribution in [3.8, 4) is 10.4 Å². The second kappa shape index (κ2) is 5.11. The molecule has 1 aromatic carbocycles. The zero-order valence-corrected chi connectivity index (χ0v) is 11.5. The third kappa shape index (κ3) is 2.27. The number of aromatic nitrogens is 1. The normalized spacial score (nSPS) is 15.9. The number of anilines is 1. The molecule has 2 aromatic rings. The molecular weight excluding hydrogens is 240 g/mol. The van der Waals surface area contributed by atoms with Gasteiger partial charge in [-0.15, -0.1) is 0 Å². The Morgan fingerprint density at radius 3 is 2.50 bits per heavy atom. The van der Waals surface area contributed by atoms with Crippen LogP contribution in [0.25, 0.3) is 10.4 Å². The summed E-state index contributed by atoms with van der Waals surface area (Å²) in [6, 6.07) is 10.6. The topological polar surface area (TPSA) is 16.1 Å². The van der Waals surface area contributed by atoms with E-state index < -0.39 is 0 Å². The van der Waals surface area contributed by atoms with Crippen molar-refractivity contribution in [2.45, 2.75) is 26.2 Å². The van der Waals surface area contributed by atoms with Crippen LogP contribution < -0.4 is 4.90 Å². The molecule has 2 nitrogen and oxygen atoms in total. The van der Waals surface area contributed by atoms with Gasteiger partial charge < -0.3 is 4.90 Å². The molecule has 0 aliphatic carbocycles. The summed E-state index contributed by atoms with van der Waals surface area (Å²) in [6.07, 6.45) is 3.98. The summed E-state index contributed by atoms with van der Waals surface area (Å²) in [5, 5.41) is 1.20. The highest BCUT2D eigenvalue weighted by Gasteiger charge is 2.17. The molecular formula is C15H18N2S. The van der Waals surface area contributed by atoms with Gasteiger partial charge in [0.2, 0.25) is 0 Å². The Balaban J connectivity index is 1.91. The summed E-state index contributed by atoms with van der Waals surface area (Å²) >= 11 is 1.83. The first kappa shape index (κ1) is 11.7. The Labute approximate surface area is 112 Å². The maximum absolute atomic E-state index is 4.76. The molecule has 94 valence electrons. The van der Waals surface area contributed by atoms with E-state index in [9.17, 15) is 0 Å². The average Bonchev–Trinajstić information content (AvgIpc) is 2.83. The summed E-state index contributed by atoms with van der Waals surface area (Å²) in [5.41, 5.74) is 2.45. The van der Waals surface area contributed by atoms with E-state index >= 15 is 0 Å². The van der Waals surface area contributed by atoms with E-state index in [1.807, 2.05) is 11.3 Å². The van der Waals surface area contributed by atoms with Crippen LogP contribution in [0.2, 0.25) is 0 Å². The van der Waals surface area contributed by atoms with Gasteiger partial charge in [-0.2, -0.15) is 0 Å². The third-order valence-corrected chi connectivity index (χ3v) is 4.72. The van der Waals surface area contributed by atoms with Gasteiger partial charge in [0.1, 0.15) is 0 Å². The second-order valence-electron chi connectivity index (χ2n) is 4.82. The van der Waals surface area contributed by atoms with Gasteiger partial charge in [-0.3, -0.25) is 0 Å². The van der Waals surface area contributed by atoms with Gasteiger partial charge in [-0.05, 0) is 31.7 Å². The first-order chi connectivity index (χ1) is 8.84. The minimum absolute atomic E-state index is 1.16. The van der Waals surface area contributed by atoms with Crippen molar-refractivity contribution in [3.63, 3.8) is 0 Å². The minimum Gasteiger partial charge on any atom is -0.348 e. The largest absolute Gasteiger partial charge is 0.348 e. The van der Waals surface area contributed by atoms with Crippen LogP contribution in [-0.4, -0.2) is 18.1 Å². The number of hydrogen-bond donors (Lipinski definition) is 0. The lowest BCUT2D eigenvalue weighted by Gasteiger charge is -2.25. The molecule has 0 N–H and O–H groups in total. The van der Waals surface area contributed by atoms with E-state index in [1.54, 1.807) is 0 Å². The van der Waals surface area contributed by atoms with E-state index in [-0.39, 0.29) is 0 Å². The van der Waals surface area contributed by atoms with Gasteiger partial charge >= 0.3 is 0 Å². The minimum atomic E-state index is 1.16. The van der Waals surface area contributed by atoms with Crippen LogP contribution in [0.1, 0.15) is 25.0 Å². The summed E-state index contributed by atoms with van der Waals surface area (Å²) in [4.78, 5) is 8.51. The second-order valence-corrected chi connectivity index (χ2v) is 5.80. The van der Waals surface area contributed by atoms with Gasteiger partial charge in [0, 0.05) is 13.1 Å². The Bertz CT molecular complexity index is 513. The van der Waals surface area contributed by atoms with Crippen LogP contribution in [0.5, 0.6) is 0 Å². The molecule has 18 heavy (non-hydrogen) atoms. The van der Waals surface area contributed by atoms with Crippen LogP contribution >= 0.6 is 11.3 Å². The van der Waals surface area contributed by atoms with E-state index in [0.717, 1.165) is 5.69 Å². The zero-order valence-electron chi connectivity index (χ0n) is 10.7. The van der Waals surface area contributed by atoms with Gasteiger partial charge in [0.15, 0.2) is 5.13 Å². The standard InChI is InChI=1S/C15H18N2S/c1-12-14(13-8-4-2-5-9-13)18-15(16-12)17-10-6-3-7-11-17/h2,4-5,8-9H,3,6-7,10-11H2,1H3. The summed E-state index contributed by atoms with van der Waals surface area (Å²) in [5.74, 6) is 0. The predicted molar refractivity (Wildman–Crippen MR) is 78.4 cm³/mol. The highest BCUT2D eigenvalue weighted by atomic mass is 32.1. The predicted octanol–water partition coefficient (Wildman–Crippen LogP) is 4.11. The van der Waals surface area contributed by atoms with Crippen molar-refractivity contribution in [2.75, 3.05) is 18.0 Å².